The molecular formula is C14H19N3O. The van der Waals surface area contributed by atoms with Crippen LogP contribution in [0.1, 0.15) is 36.0 Å². The fraction of sp³-hybridized carbons (Fsp3) is 0.500. The molecule has 4 nitrogen and oxygen atoms in total. The van der Waals surface area contributed by atoms with Crippen LogP contribution in [0.2, 0.25) is 0 Å². The summed E-state index contributed by atoms with van der Waals surface area (Å²) >= 11 is 0. The SMILES string of the molecule is NC(=O)c1ccc(N2C3CCC2CC(N)C3)cc1. The van der Waals surface area contributed by atoms with Crippen molar-refractivity contribution in [2.75, 3.05) is 4.90 Å². The van der Waals surface area contributed by atoms with E-state index < -0.39 is 0 Å². The van der Waals surface area contributed by atoms with Crippen molar-refractivity contribution in [3.05, 3.63) is 29.8 Å². The first-order chi connectivity index (χ1) is 8.65. The number of amides is 1. The molecule has 1 aromatic rings. The normalized spacial score (nSPS) is 30.5. The maximum Gasteiger partial charge on any atom is 0.248 e. The molecule has 96 valence electrons. The monoisotopic (exact) mass is 245 g/mol. The van der Waals surface area contributed by atoms with Crippen molar-refractivity contribution < 1.29 is 4.79 Å². The molecule has 2 unspecified atom stereocenters. The molecule has 0 spiro atoms. The number of rotatable bonds is 2. The third kappa shape index (κ3) is 1.86. The largest absolute Gasteiger partial charge is 0.366 e. The molecule has 18 heavy (non-hydrogen) atoms. The molecule has 3 rings (SSSR count). The number of primary amides is 1. The molecule has 2 bridgehead atoms. The van der Waals surface area contributed by atoms with E-state index in [0.29, 0.717) is 23.7 Å². The van der Waals surface area contributed by atoms with E-state index in [1.165, 1.54) is 18.5 Å². The molecule has 0 radical (unpaired) electrons. The van der Waals surface area contributed by atoms with Gasteiger partial charge in [0.2, 0.25) is 5.91 Å². The molecule has 0 aliphatic carbocycles. The number of piperidine rings is 1. The van der Waals surface area contributed by atoms with E-state index in [4.69, 9.17) is 11.5 Å². The van der Waals surface area contributed by atoms with Gasteiger partial charge in [0.1, 0.15) is 0 Å². The zero-order chi connectivity index (χ0) is 12.7. The van der Waals surface area contributed by atoms with Gasteiger partial charge >= 0.3 is 0 Å². The molecule has 0 saturated carbocycles. The Balaban J connectivity index is 1.85. The first kappa shape index (κ1) is 11.5. The Labute approximate surface area is 107 Å². The summed E-state index contributed by atoms with van der Waals surface area (Å²) in [6, 6.07) is 9.11. The van der Waals surface area contributed by atoms with Crippen molar-refractivity contribution in [3.8, 4) is 0 Å². The van der Waals surface area contributed by atoms with Crippen LogP contribution in [0.5, 0.6) is 0 Å². The lowest BCUT2D eigenvalue weighted by Gasteiger charge is -2.39. The average molecular weight is 245 g/mol. The molecule has 4 N–H and O–H groups in total. The predicted molar refractivity (Wildman–Crippen MR) is 71.5 cm³/mol. The molecule has 2 saturated heterocycles. The van der Waals surface area contributed by atoms with Crippen LogP contribution >= 0.6 is 0 Å². The van der Waals surface area contributed by atoms with E-state index in [9.17, 15) is 4.79 Å². The highest BCUT2D eigenvalue weighted by Gasteiger charge is 2.39. The average Bonchev–Trinajstić information content (AvgIpc) is 2.62. The fourth-order valence-corrected chi connectivity index (χ4v) is 3.44. The zero-order valence-corrected chi connectivity index (χ0v) is 10.4. The first-order valence-corrected chi connectivity index (χ1v) is 6.59. The number of nitrogens with two attached hydrogens (primary N) is 2. The summed E-state index contributed by atoms with van der Waals surface area (Å²) in [5.74, 6) is -0.370. The summed E-state index contributed by atoms with van der Waals surface area (Å²) in [6.45, 7) is 0. The molecule has 0 aromatic heterocycles. The molecule has 2 aliphatic heterocycles. The molecule has 1 aromatic carbocycles. The van der Waals surface area contributed by atoms with Gasteiger partial charge in [0.15, 0.2) is 0 Å². The summed E-state index contributed by atoms with van der Waals surface area (Å²) in [5.41, 5.74) is 13.1. The van der Waals surface area contributed by atoms with Crippen molar-refractivity contribution in [2.24, 2.45) is 11.5 Å². The summed E-state index contributed by atoms with van der Waals surface area (Å²) in [4.78, 5) is 13.5. The van der Waals surface area contributed by atoms with Gasteiger partial charge < -0.3 is 16.4 Å². The van der Waals surface area contributed by atoms with E-state index >= 15 is 0 Å². The van der Waals surface area contributed by atoms with Crippen molar-refractivity contribution in [2.45, 2.75) is 43.8 Å². The van der Waals surface area contributed by atoms with Gasteiger partial charge in [0.25, 0.3) is 0 Å². The summed E-state index contributed by atoms with van der Waals surface area (Å²) < 4.78 is 0. The number of benzene rings is 1. The van der Waals surface area contributed by atoms with E-state index in [0.717, 1.165) is 12.8 Å². The van der Waals surface area contributed by atoms with Crippen LogP contribution in [0.15, 0.2) is 24.3 Å². The Kier molecular flexibility index (Phi) is 2.74. The molecule has 4 heteroatoms. The van der Waals surface area contributed by atoms with Gasteiger partial charge in [-0.2, -0.15) is 0 Å². The molecule has 1 amide bonds. The number of nitrogens with zero attached hydrogens (tertiary/aromatic N) is 1. The lowest BCUT2D eigenvalue weighted by Crippen LogP contribution is -2.47. The van der Waals surface area contributed by atoms with Gasteiger partial charge in [-0.15, -0.1) is 0 Å². The third-order valence-electron chi connectivity index (χ3n) is 4.22. The second kappa shape index (κ2) is 4.28. The van der Waals surface area contributed by atoms with E-state index in [-0.39, 0.29) is 5.91 Å². The number of carbonyl (C=O) groups excluding carboxylic acids is 1. The summed E-state index contributed by atoms with van der Waals surface area (Å²) in [5, 5.41) is 0. The quantitative estimate of drug-likeness (QED) is 0.823. The van der Waals surface area contributed by atoms with E-state index in [1.54, 1.807) is 0 Å². The summed E-state index contributed by atoms with van der Waals surface area (Å²) in [7, 11) is 0. The number of fused-ring (bicyclic) bond motifs is 2. The topological polar surface area (TPSA) is 72.4 Å². The fourth-order valence-electron chi connectivity index (χ4n) is 3.44. The number of hydrogen-bond donors (Lipinski definition) is 2. The first-order valence-electron chi connectivity index (χ1n) is 6.59. The van der Waals surface area contributed by atoms with Crippen molar-refractivity contribution in [3.63, 3.8) is 0 Å². The highest BCUT2D eigenvalue weighted by Crippen LogP contribution is 2.38. The molecule has 2 fully saturated rings. The molecule has 2 atom stereocenters. The Hall–Kier alpha value is -1.55. The van der Waals surface area contributed by atoms with Gasteiger partial charge in [-0.3, -0.25) is 4.79 Å². The minimum Gasteiger partial charge on any atom is -0.366 e. The van der Waals surface area contributed by atoms with Crippen molar-refractivity contribution in [1.82, 2.24) is 0 Å². The maximum atomic E-state index is 11.1. The number of hydrogen-bond acceptors (Lipinski definition) is 3. The third-order valence-corrected chi connectivity index (χ3v) is 4.22. The Bertz CT molecular complexity index is 443. The van der Waals surface area contributed by atoms with E-state index in [2.05, 4.69) is 4.90 Å². The number of carbonyl (C=O) groups is 1. The van der Waals surface area contributed by atoms with Crippen LogP contribution in [-0.4, -0.2) is 24.0 Å². The van der Waals surface area contributed by atoms with Gasteiger partial charge in [0.05, 0.1) is 0 Å². The van der Waals surface area contributed by atoms with Crippen LogP contribution in [0.25, 0.3) is 0 Å². The predicted octanol–water partition coefficient (Wildman–Crippen LogP) is 1.24. The smallest absolute Gasteiger partial charge is 0.248 e. The second-order valence-electron chi connectivity index (χ2n) is 5.43. The lowest BCUT2D eigenvalue weighted by atomic mass is 9.97. The van der Waals surface area contributed by atoms with Crippen LogP contribution in [-0.2, 0) is 0 Å². The van der Waals surface area contributed by atoms with Gasteiger partial charge in [0, 0.05) is 29.4 Å². The van der Waals surface area contributed by atoms with Gasteiger partial charge in [-0.1, -0.05) is 0 Å². The lowest BCUT2D eigenvalue weighted by molar-refractivity contribution is 0.100. The minimum absolute atomic E-state index is 0.351. The minimum atomic E-state index is -0.370. The van der Waals surface area contributed by atoms with Crippen molar-refractivity contribution >= 4 is 11.6 Å². The highest BCUT2D eigenvalue weighted by molar-refractivity contribution is 5.93. The zero-order valence-electron chi connectivity index (χ0n) is 10.4. The maximum absolute atomic E-state index is 11.1. The Morgan fingerprint density at radius 1 is 1.11 bits per heavy atom. The van der Waals surface area contributed by atoms with Crippen LogP contribution in [0.3, 0.4) is 0 Å². The highest BCUT2D eigenvalue weighted by atomic mass is 16.1. The van der Waals surface area contributed by atoms with Crippen LogP contribution < -0.4 is 16.4 Å². The van der Waals surface area contributed by atoms with Crippen molar-refractivity contribution in [1.29, 1.82) is 0 Å². The van der Waals surface area contributed by atoms with E-state index in [1.807, 2.05) is 24.3 Å². The number of anilines is 1. The molecular weight excluding hydrogens is 226 g/mol. The standard InChI is InChI=1S/C14H19N3O/c15-10-7-12-5-6-13(8-10)17(12)11-3-1-9(2-4-11)14(16)18/h1-4,10,12-13H,5-8,15H2,(H2,16,18). The van der Waals surface area contributed by atoms with Gasteiger partial charge in [-0.05, 0) is 49.9 Å². The van der Waals surface area contributed by atoms with Crippen LogP contribution in [0.4, 0.5) is 5.69 Å². The molecule has 2 heterocycles. The van der Waals surface area contributed by atoms with Gasteiger partial charge in [-0.25, -0.2) is 0 Å². The molecule has 2 aliphatic rings. The second-order valence-corrected chi connectivity index (χ2v) is 5.43. The van der Waals surface area contributed by atoms with Crippen LogP contribution in [0, 0.1) is 0 Å². The Morgan fingerprint density at radius 2 is 1.67 bits per heavy atom. The summed E-state index contributed by atoms with van der Waals surface area (Å²) in [6.07, 6.45) is 4.62. The Morgan fingerprint density at radius 3 is 2.17 bits per heavy atom.